The molecule has 2 rings (SSSR count). The SMILES string of the molecule is C[C@@H](Nc1nc(N[C@H](C)C(F)(F)F)nc(-c2ccnc(C(F)(F)F)n2)n1)C(F)(F)F. The highest BCUT2D eigenvalue weighted by Crippen LogP contribution is 2.28. The largest absolute Gasteiger partial charge is 0.451 e. The smallest absolute Gasteiger partial charge is 0.343 e. The molecular weight excluding hydrogens is 437 g/mol. The molecule has 30 heavy (non-hydrogen) atoms. The van der Waals surface area contributed by atoms with E-state index in [0.717, 1.165) is 6.07 Å². The summed E-state index contributed by atoms with van der Waals surface area (Å²) in [6.07, 6.45) is -13.8. The van der Waals surface area contributed by atoms with Crippen LogP contribution in [0.3, 0.4) is 0 Å². The lowest BCUT2D eigenvalue weighted by Gasteiger charge is -2.20. The van der Waals surface area contributed by atoms with Crippen molar-refractivity contribution in [2.45, 2.75) is 44.5 Å². The van der Waals surface area contributed by atoms with Crippen molar-refractivity contribution in [2.75, 3.05) is 10.6 Å². The maximum atomic E-state index is 12.8. The highest BCUT2D eigenvalue weighted by atomic mass is 19.4. The van der Waals surface area contributed by atoms with Crippen LogP contribution in [0.1, 0.15) is 19.7 Å². The molecule has 0 bridgehead atoms. The molecule has 0 aliphatic carbocycles. The van der Waals surface area contributed by atoms with Gasteiger partial charge >= 0.3 is 18.5 Å². The Hall–Kier alpha value is -2.94. The summed E-state index contributed by atoms with van der Waals surface area (Å²) in [4.78, 5) is 16.7. The van der Waals surface area contributed by atoms with Crippen LogP contribution in [0.25, 0.3) is 11.5 Å². The molecule has 2 aromatic rings. The average molecular weight is 449 g/mol. The molecule has 2 N–H and O–H groups in total. The molecule has 166 valence electrons. The van der Waals surface area contributed by atoms with Crippen molar-refractivity contribution in [3.05, 3.63) is 18.1 Å². The predicted molar refractivity (Wildman–Crippen MR) is 84.1 cm³/mol. The van der Waals surface area contributed by atoms with Gasteiger partial charge in [-0.15, -0.1) is 0 Å². The van der Waals surface area contributed by atoms with Crippen LogP contribution in [0.2, 0.25) is 0 Å². The minimum Gasteiger partial charge on any atom is -0.343 e. The predicted octanol–water partition coefficient (Wildman–Crippen LogP) is 4.07. The Morgan fingerprint density at radius 3 is 1.60 bits per heavy atom. The molecule has 0 radical (unpaired) electrons. The molecular formula is C14H12F9N7. The molecule has 0 fully saturated rings. The normalized spacial score (nSPS) is 14.9. The topological polar surface area (TPSA) is 88.5 Å². The van der Waals surface area contributed by atoms with Crippen molar-refractivity contribution in [2.24, 2.45) is 0 Å². The molecule has 0 saturated heterocycles. The molecule has 0 spiro atoms. The second-order valence-electron chi connectivity index (χ2n) is 5.88. The van der Waals surface area contributed by atoms with Crippen LogP contribution in [0.5, 0.6) is 0 Å². The number of nitrogens with one attached hydrogen (secondary N) is 2. The molecule has 0 aliphatic rings. The lowest BCUT2D eigenvalue weighted by atomic mass is 10.3. The van der Waals surface area contributed by atoms with E-state index in [9.17, 15) is 39.5 Å². The summed E-state index contributed by atoms with van der Waals surface area (Å²) >= 11 is 0. The Balaban J connectivity index is 2.51. The Bertz CT molecular complexity index is 839. The quantitative estimate of drug-likeness (QED) is 0.666. The van der Waals surface area contributed by atoms with E-state index in [0.29, 0.717) is 20.0 Å². The van der Waals surface area contributed by atoms with Gasteiger partial charge in [0.25, 0.3) is 0 Å². The zero-order valence-corrected chi connectivity index (χ0v) is 14.9. The van der Waals surface area contributed by atoms with Crippen molar-refractivity contribution in [3.63, 3.8) is 0 Å². The number of alkyl halides is 9. The van der Waals surface area contributed by atoms with Gasteiger partial charge in [-0.1, -0.05) is 0 Å². The van der Waals surface area contributed by atoms with E-state index in [2.05, 4.69) is 24.9 Å². The third-order valence-electron chi connectivity index (χ3n) is 3.45. The Labute approximate surface area is 162 Å². The molecule has 0 aromatic carbocycles. The summed E-state index contributed by atoms with van der Waals surface area (Å²) in [5, 5.41) is 3.63. The fraction of sp³-hybridized carbons (Fsp3) is 0.500. The van der Waals surface area contributed by atoms with Crippen molar-refractivity contribution < 1.29 is 39.5 Å². The van der Waals surface area contributed by atoms with Crippen molar-refractivity contribution >= 4 is 11.9 Å². The van der Waals surface area contributed by atoms with E-state index in [-0.39, 0.29) is 0 Å². The van der Waals surface area contributed by atoms with Gasteiger partial charge in [-0.25, -0.2) is 9.97 Å². The molecule has 16 heteroatoms. The summed E-state index contributed by atoms with van der Waals surface area (Å²) in [6.45, 7) is 1.36. The summed E-state index contributed by atoms with van der Waals surface area (Å²) in [6, 6.07) is -3.55. The van der Waals surface area contributed by atoms with Crippen molar-refractivity contribution in [1.29, 1.82) is 0 Å². The van der Waals surface area contributed by atoms with E-state index in [1.54, 1.807) is 0 Å². The fourth-order valence-electron chi connectivity index (χ4n) is 1.79. The zero-order valence-electron chi connectivity index (χ0n) is 14.9. The van der Waals surface area contributed by atoms with E-state index < -0.39 is 59.9 Å². The highest BCUT2D eigenvalue weighted by molar-refractivity contribution is 5.53. The van der Waals surface area contributed by atoms with Gasteiger partial charge in [-0.2, -0.15) is 54.5 Å². The number of rotatable bonds is 5. The number of anilines is 2. The Kier molecular flexibility index (Phi) is 6.27. The second kappa shape index (κ2) is 8.06. The standard InChI is InChI=1S/C14H12F9N7/c1-5(12(15,16)17)25-10-28-8(7-3-4-24-9(27-7)14(21,22)23)29-11(30-10)26-6(2)13(18,19)20/h3-6H,1-2H3,(H2,25,26,28,29,30)/t5-,6-/m1/s1. The highest BCUT2D eigenvalue weighted by Gasteiger charge is 2.38. The lowest BCUT2D eigenvalue weighted by molar-refractivity contribution is -0.145. The third kappa shape index (κ3) is 6.03. The first kappa shape index (κ1) is 23.3. The first-order chi connectivity index (χ1) is 13.6. The van der Waals surface area contributed by atoms with E-state index in [4.69, 9.17) is 0 Å². The van der Waals surface area contributed by atoms with Gasteiger partial charge in [-0.05, 0) is 19.9 Å². The summed E-state index contributed by atoms with van der Waals surface area (Å²) in [5.41, 5.74) is -0.592. The molecule has 2 atom stereocenters. The number of hydrogen-bond acceptors (Lipinski definition) is 7. The molecule has 7 nitrogen and oxygen atoms in total. The maximum Gasteiger partial charge on any atom is 0.451 e. The Morgan fingerprint density at radius 1 is 0.733 bits per heavy atom. The van der Waals surface area contributed by atoms with Gasteiger partial charge in [0.15, 0.2) is 5.82 Å². The fourth-order valence-corrected chi connectivity index (χ4v) is 1.79. The summed E-state index contributed by atoms with van der Waals surface area (Å²) < 4.78 is 115. The van der Waals surface area contributed by atoms with Crippen LogP contribution in [-0.4, -0.2) is 49.4 Å². The Morgan fingerprint density at radius 2 is 1.20 bits per heavy atom. The first-order valence-corrected chi connectivity index (χ1v) is 7.90. The van der Waals surface area contributed by atoms with E-state index in [1.807, 2.05) is 10.6 Å². The molecule has 0 amide bonds. The van der Waals surface area contributed by atoms with E-state index >= 15 is 0 Å². The molecule has 2 aromatic heterocycles. The van der Waals surface area contributed by atoms with Crippen LogP contribution in [-0.2, 0) is 6.18 Å². The van der Waals surface area contributed by atoms with Crippen LogP contribution in [0, 0.1) is 0 Å². The monoisotopic (exact) mass is 449 g/mol. The third-order valence-corrected chi connectivity index (χ3v) is 3.45. The van der Waals surface area contributed by atoms with Gasteiger partial charge in [0.1, 0.15) is 17.8 Å². The van der Waals surface area contributed by atoms with Crippen molar-refractivity contribution in [1.82, 2.24) is 24.9 Å². The van der Waals surface area contributed by atoms with E-state index in [1.165, 1.54) is 0 Å². The molecule has 0 saturated carbocycles. The van der Waals surface area contributed by atoms with Gasteiger partial charge < -0.3 is 10.6 Å². The maximum absolute atomic E-state index is 12.8. The van der Waals surface area contributed by atoms with Gasteiger partial charge in [0.05, 0.1) is 0 Å². The zero-order chi connectivity index (χ0) is 22.9. The van der Waals surface area contributed by atoms with Crippen molar-refractivity contribution in [3.8, 4) is 11.5 Å². The number of nitrogens with zero attached hydrogens (tertiary/aromatic N) is 5. The van der Waals surface area contributed by atoms with Gasteiger partial charge in [0.2, 0.25) is 17.7 Å². The van der Waals surface area contributed by atoms with Crippen LogP contribution in [0.4, 0.5) is 51.4 Å². The molecule has 0 unspecified atom stereocenters. The van der Waals surface area contributed by atoms with Crippen LogP contribution >= 0.6 is 0 Å². The second-order valence-corrected chi connectivity index (χ2v) is 5.88. The number of aromatic nitrogens is 5. The lowest BCUT2D eigenvalue weighted by Crippen LogP contribution is -2.35. The van der Waals surface area contributed by atoms with Crippen LogP contribution < -0.4 is 10.6 Å². The molecule has 2 heterocycles. The average Bonchev–Trinajstić information content (AvgIpc) is 2.59. The minimum absolute atomic E-state index is 0.592. The number of halogens is 9. The summed E-state index contributed by atoms with van der Waals surface area (Å²) in [5.74, 6) is -3.95. The van der Waals surface area contributed by atoms with Crippen LogP contribution in [0.15, 0.2) is 12.3 Å². The minimum atomic E-state index is -4.96. The molecule has 0 aliphatic heterocycles. The first-order valence-electron chi connectivity index (χ1n) is 7.90. The van der Waals surface area contributed by atoms with Gasteiger partial charge in [-0.3, -0.25) is 0 Å². The van der Waals surface area contributed by atoms with Gasteiger partial charge in [0, 0.05) is 6.20 Å². The number of hydrogen-bond donors (Lipinski definition) is 2. The summed E-state index contributed by atoms with van der Waals surface area (Å²) in [7, 11) is 0.